The van der Waals surface area contributed by atoms with Gasteiger partial charge in [0.05, 0.1) is 4.99 Å². The fourth-order valence-corrected chi connectivity index (χ4v) is 1.23. The van der Waals surface area contributed by atoms with Crippen LogP contribution in [0.2, 0.25) is 0 Å². The van der Waals surface area contributed by atoms with Crippen molar-refractivity contribution >= 4 is 23.1 Å². The van der Waals surface area contributed by atoms with Gasteiger partial charge >= 0.3 is 0 Å². The third-order valence-electron chi connectivity index (χ3n) is 1.82. The lowest BCUT2D eigenvalue weighted by Gasteiger charge is -2.05. The van der Waals surface area contributed by atoms with Gasteiger partial charge in [-0.2, -0.15) is 0 Å². The van der Waals surface area contributed by atoms with Crippen molar-refractivity contribution in [2.45, 2.75) is 6.42 Å². The lowest BCUT2D eigenvalue weighted by Crippen LogP contribution is -2.27. The summed E-state index contributed by atoms with van der Waals surface area (Å²) in [4.78, 5) is 11.8. The summed E-state index contributed by atoms with van der Waals surface area (Å²) in [6.45, 7) is 0.324. The standard InChI is InChI=1S/C10H12N2O3S/c11-9(16)1-2-12-10(15)6-3-7(13)5-8(14)4-6/h3-5,13-14H,1-2H2,(H2,11,16)(H,12,15). The van der Waals surface area contributed by atoms with Crippen LogP contribution >= 0.6 is 12.2 Å². The van der Waals surface area contributed by atoms with E-state index in [0.29, 0.717) is 18.0 Å². The summed E-state index contributed by atoms with van der Waals surface area (Å²) < 4.78 is 0. The van der Waals surface area contributed by atoms with Crippen molar-refractivity contribution in [1.82, 2.24) is 5.32 Å². The van der Waals surface area contributed by atoms with Gasteiger partial charge in [-0.3, -0.25) is 4.79 Å². The van der Waals surface area contributed by atoms with Crippen molar-refractivity contribution in [3.8, 4) is 11.5 Å². The zero-order valence-electron chi connectivity index (χ0n) is 8.43. The number of phenols is 2. The number of nitrogens with two attached hydrogens (primary N) is 1. The van der Waals surface area contributed by atoms with E-state index < -0.39 is 5.91 Å². The van der Waals surface area contributed by atoms with Crippen molar-refractivity contribution in [2.24, 2.45) is 5.73 Å². The lowest BCUT2D eigenvalue weighted by atomic mass is 10.2. The summed E-state index contributed by atoms with van der Waals surface area (Å²) in [5, 5.41) is 20.9. The monoisotopic (exact) mass is 240 g/mol. The second kappa shape index (κ2) is 5.32. The molecule has 86 valence electrons. The molecule has 1 amide bonds. The van der Waals surface area contributed by atoms with Crippen LogP contribution in [0.4, 0.5) is 0 Å². The van der Waals surface area contributed by atoms with E-state index in [2.05, 4.69) is 17.5 Å². The van der Waals surface area contributed by atoms with Crippen LogP contribution in [0.25, 0.3) is 0 Å². The van der Waals surface area contributed by atoms with Gasteiger partial charge in [0.1, 0.15) is 11.5 Å². The average Bonchev–Trinajstić information content (AvgIpc) is 2.15. The Labute approximate surface area is 97.9 Å². The first kappa shape index (κ1) is 12.3. The van der Waals surface area contributed by atoms with E-state index in [4.69, 9.17) is 5.73 Å². The van der Waals surface area contributed by atoms with Crippen LogP contribution in [0.3, 0.4) is 0 Å². The molecule has 0 bridgehead atoms. The second-order valence-corrected chi connectivity index (χ2v) is 3.73. The summed E-state index contributed by atoms with van der Waals surface area (Å²) in [6, 6.07) is 3.66. The number of nitrogens with one attached hydrogen (secondary N) is 1. The number of carbonyl (C=O) groups is 1. The highest BCUT2D eigenvalue weighted by molar-refractivity contribution is 7.80. The van der Waals surface area contributed by atoms with E-state index in [-0.39, 0.29) is 17.1 Å². The number of phenolic OH excluding ortho intramolecular Hbond substituents is 2. The van der Waals surface area contributed by atoms with E-state index in [1.54, 1.807) is 0 Å². The fraction of sp³-hybridized carbons (Fsp3) is 0.200. The molecule has 0 fully saturated rings. The minimum Gasteiger partial charge on any atom is -0.508 e. The molecule has 0 aliphatic rings. The van der Waals surface area contributed by atoms with Crippen LogP contribution in [0.15, 0.2) is 18.2 Å². The lowest BCUT2D eigenvalue weighted by molar-refractivity contribution is 0.0954. The number of thiocarbonyl (C=S) groups is 1. The van der Waals surface area contributed by atoms with E-state index in [9.17, 15) is 15.0 Å². The number of hydrogen-bond donors (Lipinski definition) is 4. The Morgan fingerprint density at radius 3 is 2.38 bits per heavy atom. The molecule has 0 aromatic heterocycles. The maximum absolute atomic E-state index is 11.5. The Hall–Kier alpha value is -1.82. The smallest absolute Gasteiger partial charge is 0.251 e. The molecule has 1 aromatic rings. The summed E-state index contributed by atoms with van der Waals surface area (Å²) in [7, 11) is 0. The molecule has 0 radical (unpaired) electrons. The predicted molar refractivity (Wildman–Crippen MR) is 63.5 cm³/mol. The third kappa shape index (κ3) is 3.74. The molecule has 0 spiro atoms. The van der Waals surface area contributed by atoms with E-state index in [1.807, 2.05) is 0 Å². The Kier molecular flexibility index (Phi) is 4.07. The van der Waals surface area contributed by atoms with E-state index in [1.165, 1.54) is 12.1 Å². The normalized spacial score (nSPS) is 9.75. The number of rotatable bonds is 4. The van der Waals surface area contributed by atoms with Gasteiger partial charge in [-0.1, -0.05) is 12.2 Å². The zero-order chi connectivity index (χ0) is 12.1. The highest BCUT2D eigenvalue weighted by Crippen LogP contribution is 2.20. The van der Waals surface area contributed by atoms with E-state index in [0.717, 1.165) is 6.07 Å². The number of carbonyl (C=O) groups excluding carboxylic acids is 1. The fourth-order valence-electron chi connectivity index (χ4n) is 1.13. The van der Waals surface area contributed by atoms with Crippen molar-refractivity contribution in [3.05, 3.63) is 23.8 Å². The minimum atomic E-state index is -0.401. The second-order valence-electron chi connectivity index (χ2n) is 3.21. The van der Waals surface area contributed by atoms with Crippen molar-refractivity contribution in [3.63, 3.8) is 0 Å². The third-order valence-corrected chi connectivity index (χ3v) is 2.03. The Morgan fingerprint density at radius 2 is 1.88 bits per heavy atom. The molecule has 16 heavy (non-hydrogen) atoms. The maximum atomic E-state index is 11.5. The molecule has 0 unspecified atom stereocenters. The number of hydrogen-bond acceptors (Lipinski definition) is 4. The minimum absolute atomic E-state index is 0.167. The molecule has 0 atom stereocenters. The average molecular weight is 240 g/mol. The maximum Gasteiger partial charge on any atom is 0.251 e. The molecule has 6 heteroatoms. The molecule has 0 aliphatic carbocycles. The molecular formula is C10H12N2O3S. The van der Waals surface area contributed by atoms with Crippen molar-refractivity contribution in [2.75, 3.05) is 6.54 Å². The molecule has 5 N–H and O–H groups in total. The van der Waals surface area contributed by atoms with Gasteiger partial charge in [-0.15, -0.1) is 0 Å². The van der Waals surface area contributed by atoms with Crippen LogP contribution in [-0.4, -0.2) is 27.7 Å². The van der Waals surface area contributed by atoms with Crippen LogP contribution in [0.1, 0.15) is 16.8 Å². The quantitative estimate of drug-likeness (QED) is 0.575. The first-order valence-electron chi connectivity index (χ1n) is 4.58. The van der Waals surface area contributed by atoms with Crippen LogP contribution in [-0.2, 0) is 0 Å². The SMILES string of the molecule is NC(=S)CCNC(=O)c1cc(O)cc(O)c1. The number of aromatic hydroxyl groups is 2. The summed E-state index contributed by atoms with van der Waals surface area (Å²) >= 11 is 4.65. The molecular weight excluding hydrogens is 228 g/mol. The molecule has 0 saturated carbocycles. The summed E-state index contributed by atoms with van der Waals surface area (Å²) in [5.41, 5.74) is 5.45. The highest BCUT2D eigenvalue weighted by atomic mass is 32.1. The first-order valence-corrected chi connectivity index (χ1v) is 4.99. The largest absolute Gasteiger partial charge is 0.508 e. The Bertz CT molecular complexity index is 400. The van der Waals surface area contributed by atoms with E-state index >= 15 is 0 Å². The Balaban J connectivity index is 2.62. The van der Waals surface area contributed by atoms with Gasteiger partial charge in [0, 0.05) is 24.6 Å². The summed E-state index contributed by atoms with van der Waals surface area (Å²) in [5.74, 6) is -0.735. The van der Waals surface area contributed by atoms with Crippen LogP contribution in [0, 0.1) is 0 Å². The number of benzene rings is 1. The number of amides is 1. The highest BCUT2D eigenvalue weighted by Gasteiger charge is 2.07. The molecule has 0 aliphatic heterocycles. The molecule has 1 rings (SSSR count). The van der Waals surface area contributed by atoms with Gasteiger partial charge in [0.25, 0.3) is 5.91 Å². The molecule has 5 nitrogen and oxygen atoms in total. The van der Waals surface area contributed by atoms with Gasteiger partial charge < -0.3 is 21.3 Å². The van der Waals surface area contributed by atoms with Crippen LogP contribution < -0.4 is 11.1 Å². The van der Waals surface area contributed by atoms with Crippen molar-refractivity contribution < 1.29 is 15.0 Å². The van der Waals surface area contributed by atoms with Crippen LogP contribution in [0.5, 0.6) is 11.5 Å². The van der Waals surface area contributed by atoms with Crippen molar-refractivity contribution in [1.29, 1.82) is 0 Å². The van der Waals surface area contributed by atoms with Gasteiger partial charge in [-0.05, 0) is 12.1 Å². The van der Waals surface area contributed by atoms with Gasteiger partial charge in [0.15, 0.2) is 0 Å². The predicted octanol–water partition coefficient (Wildman–Crippen LogP) is 0.504. The molecule has 0 saturated heterocycles. The molecule has 1 aromatic carbocycles. The molecule has 0 heterocycles. The Morgan fingerprint density at radius 1 is 1.31 bits per heavy atom. The van der Waals surface area contributed by atoms with Gasteiger partial charge in [0.2, 0.25) is 0 Å². The van der Waals surface area contributed by atoms with Gasteiger partial charge in [-0.25, -0.2) is 0 Å². The topological polar surface area (TPSA) is 95.6 Å². The summed E-state index contributed by atoms with van der Waals surface area (Å²) in [6.07, 6.45) is 0.409. The zero-order valence-corrected chi connectivity index (χ0v) is 9.25. The first-order chi connectivity index (χ1) is 7.49.